The number of nitrogens with one attached hydrogen (secondary N) is 1. The Morgan fingerprint density at radius 2 is 1.92 bits per heavy atom. The van der Waals surface area contributed by atoms with Crippen LogP contribution in [0.3, 0.4) is 0 Å². The molecule has 2 aromatic carbocycles. The lowest BCUT2D eigenvalue weighted by Gasteiger charge is -2.07. The van der Waals surface area contributed by atoms with Crippen molar-refractivity contribution in [3.8, 4) is 0 Å². The Bertz CT molecular complexity index is 999. The van der Waals surface area contributed by atoms with Gasteiger partial charge in [0, 0.05) is 11.1 Å². The second-order valence-electron chi connectivity index (χ2n) is 5.59. The average molecular weight is 351 g/mol. The molecule has 6 nitrogen and oxygen atoms in total. The van der Waals surface area contributed by atoms with Crippen LogP contribution >= 0.6 is 11.6 Å². The number of rotatable bonds is 5. The van der Waals surface area contributed by atoms with Crippen LogP contribution in [-0.4, -0.2) is 24.7 Å². The van der Waals surface area contributed by atoms with Crippen LogP contribution in [0.2, 0.25) is 5.28 Å². The number of benzene rings is 2. The maximum Gasteiger partial charge on any atom is 0.225 e. The van der Waals surface area contributed by atoms with Gasteiger partial charge in [-0.05, 0) is 35.4 Å². The van der Waals surface area contributed by atoms with Gasteiger partial charge in [0.1, 0.15) is 6.33 Å². The van der Waals surface area contributed by atoms with E-state index in [1.807, 2.05) is 35.1 Å². The molecular weight excluding hydrogens is 336 g/mol. The van der Waals surface area contributed by atoms with Gasteiger partial charge in [0.25, 0.3) is 0 Å². The van der Waals surface area contributed by atoms with E-state index in [-0.39, 0.29) is 5.28 Å². The Balaban J connectivity index is 1.51. The summed E-state index contributed by atoms with van der Waals surface area (Å²) in [6.45, 7) is 1.23. The highest BCUT2D eigenvalue weighted by molar-refractivity contribution is 6.28. The van der Waals surface area contributed by atoms with Gasteiger partial charge in [0.15, 0.2) is 5.82 Å². The predicted molar refractivity (Wildman–Crippen MR) is 97.4 cm³/mol. The van der Waals surface area contributed by atoms with Gasteiger partial charge >= 0.3 is 0 Å². The number of halogens is 1. The van der Waals surface area contributed by atoms with Crippen LogP contribution in [0.1, 0.15) is 11.4 Å². The molecule has 0 fully saturated rings. The molecule has 7 heteroatoms. The Kier molecular flexibility index (Phi) is 4.26. The van der Waals surface area contributed by atoms with E-state index in [0.717, 1.165) is 23.1 Å². The number of aromatic nitrogens is 5. The lowest BCUT2D eigenvalue weighted by molar-refractivity contribution is 0.712. The van der Waals surface area contributed by atoms with Gasteiger partial charge in [0.05, 0.1) is 24.8 Å². The normalized spacial score (nSPS) is 10.9. The van der Waals surface area contributed by atoms with Crippen molar-refractivity contribution in [1.82, 2.24) is 24.7 Å². The molecule has 0 radical (unpaired) electrons. The standard InChI is InChI=1S/C18H15ClN6/c19-18-22-12-21-17(24-18)10-20-15-6-7-16-14(8-15)9-23-25(16)11-13-4-2-1-3-5-13/h1-9,12,20H,10-11H2. The predicted octanol–water partition coefficient (Wildman–Crippen LogP) is 3.54. The molecule has 0 aliphatic carbocycles. The van der Waals surface area contributed by atoms with Gasteiger partial charge in [-0.15, -0.1) is 0 Å². The molecular formula is C18H15ClN6. The van der Waals surface area contributed by atoms with Gasteiger partial charge in [-0.25, -0.2) is 15.0 Å². The maximum absolute atomic E-state index is 5.77. The highest BCUT2D eigenvalue weighted by Crippen LogP contribution is 2.20. The number of hydrogen-bond donors (Lipinski definition) is 1. The van der Waals surface area contributed by atoms with Crippen LogP contribution in [0.5, 0.6) is 0 Å². The topological polar surface area (TPSA) is 68.5 Å². The Labute approximate surface area is 149 Å². The summed E-state index contributed by atoms with van der Waals surface area (Å²) in [6, 6.07) is 16.4. The molecule has 4 rings (SSSR count). The molecule has 0 saturated heterocycles. The summed E-state index contributed by atoms with van der Waals surface area (Å²) < 4.78 is 2.00. The zero-order valence-corrected chi connectivity index (χ0v) is 14.1. The van der Waals surface area contributed by atoms with Crippen molar-refractivity contribution in [2.75, 3.05) is 5.32 Å². The summed E-state index contributed by atoms with van der Waals surface area (Å²) in [4.78, 5) is 11.9. The Morgan fingerprint density at radius 1 is 1.04 bits per heavy atom. The first kappa shape index (κ1) is 15.5. The minimum Gasteiger partial charge on any atom is -0.378 e. The smallest absolute Gasteiger partial charge is 0.225 e. The largest absolute Gasteiger partial charge is 0.378 e. The van der Waals surface area contributed by atoms with Crippen molar-refractivity contribution >= 4 is 28.2 Å². The first-order chi connectivity index (χ1) is 12.3. The van der Waals surface area contributed by atoms with Crippen molar-refractivity contribution in [1.29, 1.82) is 0 Å². The molecule has 0 bridgehead atoms. The fraction of sp³-hybridized carbons (Fsp3) is 0.111. The van der Waals surface area contributed by atoms with Crippen molar-refractivity contribution in [3.63, 3.8) is 0 Å². The minimum atomic E-state index is 0.199. The molecule has 0 aliphatic heterocycles. The first-order valence-corrected chi connectivity index (χ1v) is 8.22. The van der Waals surface area contributed by atoms with Crippen LogP contribution in [0, 0.1) is 0 Å². The van der Waals surface area contributed by atoms with Gasteiger partial charge in [0.2, 0.25) is 5.28 Å². The molecule has 0 aliphatic rings. The zero-order chi connectivity index (χ0) is 17.1. The van der Waals surface area contributed by atoms with E-state index in [1.165, 1.54) is 11.9 Å². The number of anilines is 1. The first-order valence-electron chi connectivity index (χ1n) is 7.85. The van der Waals surface area contributed by atoms with E-state index in [2.05, 4.69) is 49.6 Å². The van der Waals surface area contributed by atoms with E-state index in [1.54, 1.807) is 0 Å². The Morgan fingerprint density at radius 3 is 2.76 bits per heavy atom. The Hall–Kier alpha value is -2.99. The second-order valence-corrected chi connectivity index (χ2v) is 5.92. The lowest BCUT2D eigenvalue weighted by atomic mass is 10.2. The van der Waals surface area contributed by atoms with E-state index in [9.17, 15) is 0 Å². The fourth-order valence-electron chi connectivity index (χ4n) is 2.65. The monoisotopic (exact) mass is 350 g/mol. The van der Waals surface area contributed by atoms with E-state index < -0.39 is 0 Å². The van der Waals surface area contributed by atoms with Crippen LogP contribution in [0.25, 0.3) is 10.9 Å². The third-order valence-electron chi connectivity index (χ3n) is 3.86. The minimum absolute atomic E-state index is 0.199. The molecule has 1 N–H and O–H groups in total. The molecule has 2 heterocycles. The van der Waals surface area contributed by atoms with Crippen molar-refractivity contribution in [2.45, 2.75) is 13.1 Å². The molecule has 0 spiro atoms. The van der Waals surface area contributed by atoms with Crippen molar-refractivity contribution in [2.24, 2.45) is 0 Å². The quantitative estimate of drug-likeness (QED) is 0.596. The molecule has 0 amide bonds. The van der Waals surface area contributed by atoms with Gasteiger partial charge in [-0.2, -0.15) is 5.10 Å². The van der Waals surface area contributed by atoms with Crippen molar-refractivity contribution < 1.29 is 0 Å². The third kappa shape index (κ3) is 3.59. The van der Waals surface area contributed by atoms with Crippen LogP contribution in [0.15, 0.2) is 61.1 Å². The molecule has 25 heavy (non-hydrogen) atoms. The summed E-state index contributed by atoms with van der Waals surface area (Å²) in [5.74, 6) is 0.597. The number of nitrogens with zero attached hydrogens (tertiary/aromatic N) is 5. The van der Waals surface area contributed by atoms with Gasteiger partial charge in [-0.1, -0.05) is 30.3 Å². The molecule has 0 atom stereocenters. The highest BCUT2D eigenvalue weighted by Gasteiger charge is 2.05. The van der Waals surface area contributed by atoms with Crippen LogP contribution in [0.4, 0.5) is 5.69 Å². The van der Waals surface area contributed by atoms with Gasteiger partial charge < -0.3 is 5.32 Å². The molecule has 124 valence electrons. The number of hydrogen-bond acceptors (Lipinski definition) is 5. The zero-order valence-electron chi connectivity index (χ0n) is 13.3. The molecule has 0 saturated carbocycles. The summed E-state index contributed by atoms with van der Waals surface area (Å²) in [6.07, 6.45) is 3.28. The molecule has 4 aromatic rings. The average Bonchev–Trinajstić information content (AvgIpc) is 3.03. The van der Waals surface area contributed by atoms with E-state index in [0.29, 0.717) is 12.4 Å². The maximum atomic E-state index is 5.77. The lowest BCUT2D eigenvalue weighted by Crippen LogP contribution is -2.05. The second kappa shape index (κ2) is 6.86. The summed E-state index contributed by atoms with van der Waals surface area (Å²) in [5, 5.41) is 9.07. The summed E-state index contributed by atoms with van der Waals surface area (Å²) in [7, 11) is 0. The summed E-state index contributed by atoms with van der Waals surface area (Å²) in [5.41, 5.74) is 3.29. The molecule has 0 unspecified atom stereocenters. The highest BCUT2D eigenvalue weighted by atomic mass is 35.5. The third-order valence-corrected chi connectivity index (χ3v) is 4.04. The summed E-state index contributed by atoms with van der Waals surface area (Å²) >= 11 is 5.77. The SMILES string of the molecule is Clc1ncnc(CNc2ccc3c(cnn3Cc3ccccc3)c2)n1. The fourth-order valence-corrected chi connectivity index (χ4v) is 2.79. The van der Waals surface area contributed by atoms with E-state index >= 15 is 0 Å². The van der Waals surface area contributed by atoms with Crippen molar-refractivity contribution in [3.05, 3.63) is 77.7 Å². The molecule has 2 aromatic heterocycles. The van der Waals surface area contributed by atoms with Gasteiger partial charge in [-0.3, -0.25) is 4.68 Å². The van der Waals surface area contributed by atoms with Crippen LogP contribution in [-0.2, 0) is 13.1 Å². The van der Waals surface area contributed by atoms with Crippen LogP contribution < -0.4 is 5.32 Å². The number of fused-ring (bicyclic) bond motifs is 1. The van der Waals surface area contributed by atoms with E-state index in [4.69, 9.17) is 11.6 Å².